The molecule has 4 nitrogen and oxygen atoms in total. The zero-order chi connectivity index (χ0) is 15.9. The highest BCUT2D eigenvalue weighted by Gasteiger charge is 2.17. The van der Waals surface area contributed by atoms with E-state index in [1.807, 2.05) is 32.0 Å². The zero-order valence-corrected chi connectivity index (χ0v) is 13.7. The largest absolute Gasteiger partial charge is 0.497 e. The molecule has 0 aliphatic heterocycles. The lowest BCUT2D eigenvalue weighted by Gasteiger charge is -2.18. The molecule has 0 aliphatic rings. The molecule has 0 radical (unpaired) electrons. The Bertz CT molecular complexity index is 490. The molecular formula is C17H26N2O2. The van der Waals surface area contributed by atoms with Gasteiger partial charge >= 0.3 is 0 Å². The molecule has 0 atom stereocenters. The van der Waals surface area contributed by atoms with Crippen molar-refractivity contribution in [3.8, 4) is 17.6 Å². The smallest absolute Gasteiger partial charge is 0.124 e. The molecule has 0 fully saturated rings. The molecule has 0 heterocycles. The van der Waals surface area contributed by atoms with Crippen molar-refractivity contribution in [3.05, 3.63) is 23.8 Å². The summed E-state index contributed by atoms with van der Waals surface area (Å²) in [5.41, 5.74) is 0.709. The van der Waals surface area contributed by atoms with E-state index in [2.05, 4.69) is 25.2 Å². The lowest BCUT2D eigenvalue weighted by molar-refractivity contribution is 0.261. The summed E-state index contributed by atoms with van der Waals surface area (Å²) in [4.78, 5) is 0. The number of ether oxygens (including phenoxy) is 2. The van der Waals surface area contributed by atoms with E-state index >= 15 is 0 Å². The van der Waals surface area contributed by atoms with Crippen molar-refractivity contribution in [2.75, 3.05) is 13.7 Å². The maximum absolute atomic E-state index is 9.03. The van der Waals surface area contributed by atoms with Gasteiger partial charge in [0.2, 0.25) is 0 Å². The van der Waals surface area contributed by atoms with Gasteiger partial charge in [-0.15, -0.1) is 0 Å². The fourth-order valence-electron chi connectivity index (χ4n) is 1.75. The lowest BCUT2D eigenvalue weighted by Crippen LogP contribution is -2.22. The third kappa shape index (κ3) is 6.05. The van der Waals surface area contributed by atoms with Crippen molar-refractivity contribution in [2.45, 2.75) is 46.7 Å². The normalized spacial score (nSPS) is 11.3. The number of hydrogen-bond acceptors (Lipinski definition) is 4. The van der Waals surface area contributed by atoms with E-state index in [1.54, 1.807) is 7.11 Å². The van der Waals surface area contributed by atoms with Crippen LogP contribution in [-0.2, 0) is 6.54 Å². The van der Waals surface area contributed by atoms with Gasteiger partial charge < -0.3 is 14.8 Å². The predicted octanol–water partition coefficient (Wildman–Crippen LogP) is 3.51. The van der Waals surface area contributed by atoms with Crippen LogP contribution < -0.4 is 14.8 Å². The van der Waals surface area contributed by atoms with Crippen LogP contribution in [0.25, 0.3) is 0 Å². The summed E-state index contributed by atoms with van der Waals surface area (Å²) < 4.78 is 11.1. The molecule has 0 aromatic heterocycles. The standard InChI is InChI=1S/C17H26N2O2/c1-13(2)19-11-14-10-15(20-5)6-7-16(14)21-9-8-17(3,4)12-18/h6-7,10,13,19H,8-9,11H2,1-5H3. The van der Waals surface area contributed by atoms with Gasteiger partial charge in [0, 0.05) is 18.2 Å². The molecule has 1 rings (SSSR count). The highest BCUT2D eigenvalue weighted by molar-refractivity contribution is 5.40. The first kappa shape index (κ1) is 17.3. The monoisotopic (exact) mass is 290 g/mol. The minimum absolute atomic E-state index is 0.358. The number of benzene rings is 1. The third-order valence-corrected chi connectivity index (χ3v) is 3.26. The minimum Gasteiger partial charge on any atom is -0.497 e. The van der Waals surface area contributed by atoms with Gasteiger partial charge in [0.05, 0.1) is 25.2 Å². The van der Waals surface area contributed by atoms with Crippen LogP contribution >= 0.6 is 0 Å². The molecule has 21 heavy (non-hydrogen) atoms. The SMILES string of the molecule is COc1ccc(OCCC(C)(C)C#N)c(CNC(C)C)c1. The Labute approximate surface area is 128 Å². The first-order chi connectivity index (χ1) is 9.88. The average molecular weight is 290 g/mol. The van der Waals surface area contributed by atoms with Gasteiger partial charge in [-0.1, -0.05) is 13.8 Å². The number of nitrogens with zero attached hydrogens (tertiary/aromatic N) is 1. The number of hydrogen-bond donors (Lipinski definition) is 1. The highest BCUT2D eigenvalue weighted by Crippen LogP contribution is 2.26. The Morgan fingerprint density at radius 1 is 1.33 bits per heavy atom. The van der Waals surface area contributed by atoms with Crippen LogP contribution in [0.4, 0.5) is 0 Å². The molecular weight excluding hydrogens is 264 g/mol. The summed E-state index contributed by atoms with van der Waals surface area (Å²) in [7, 11) is 1.66. The molecule has 1 aromatic rings. The fraction of sp³-hybridized carbons (Fsp3) is 0.588. The molecule has 116 valence electrons. The van der Waals surface area contributed by atoms with Gasteiger partial charge in [-0.2, -0.15) is 5.26 Å². The van der Waals surface area contributed by atoms with E-state index in [0.29, 0.717) is 19.1 Å². The van der Waals surface area contributed by atoms with Crippen molar-refractivity contribution in [1.82, 2.24) is 5.32 Å². The Morgan fingerprint density at radius 2 is 2.05 bits per heavy atom. The number of methoxy groups -OCH3 is 1. The maximum atomic E-state index is 9.03. The van der Waals surface area contributed by atoms with Crippen LogP contribution in [0.15, 0.2) is 18.2 Å². The summed E-state index contributed by atoms with van der Waals surface area (Å²) in [6.45, 7) is 9.32. The van der Waals surface area contributed by atoms with E-state index in [0.717, 1.165) is 23.6 Å². The van der Waals surface area contributed by atoms with E-state index in [4.69, 9.17) is 14.7 Å². The maximum Gasteiger partial charge on any atom is 0.124 e. The number of nitriles is 1. The number of rotatable bonds is 8. The molecule has 4 heteroatoms. The Kier molecular flexibility index (Phi) is 6.51. The minimum atomic E-state index is -0.358. The molecule has 0 aliphatic carbocycles. The second-order valence-electron chi connectivity index (χ2n) is 6.10. The summed E-state index contributed by atoms with van der Waals surface area (Å²) in [6, 6.07) is 8.50. The Morgan fingerprint density at radius 3 is 2.62 bits per heavy atom. The van der Waals surface area contributed by atoms with Gasteiger partial charge in [-0.05, 0) is 38.5 Å². The second kappa shape index (κ2) is 7.90. The van der Waals surface area contributed by atoms with Crippen molar-refractivity contribution < 1.29 is 9.47 Å². The van der Waals surface area contributed by atoms with Gasteiger partial charge in [0.1, 0.15) is 11.5 Å². The summed E-state index contributed by atoms with van der Waals surface area (Å²) in [6.07, 6.45) is 0.701. The third-order valence-electron chi connectivity index (χ3n) is 3.26. The summed E-state index contributed by atoms with van der Waals surface area (Å²) >= 11 is 0. The quantitative estimate of drug-likeness (QED) is 0.796. The molecule has 0 saturated heterocycles. The average Bonchev–Trinajstić information content (AvgIpc) is 2.45. The molecule has 1 aromatic carbocycles. The van der Waals surface area contributed by atoms with Gasteiger partial charge in [-0.3, -0.25) is 0 Å². The van der Waals surface area contributed by atoms with E-state index < -0.39 is 0 Å². The van der Waals surface area contributed by atoms with Crippen LogP contribution in [-0.4, -0.2) is 19.8 Å². The molecule has 0 saturated carbocycles. The molecule has 1 N–H and O–H groups in total. The van der Waals surface area contributed by atoms with Crippen LogP contribution in [0, 0.1) is 16.7 Å². The zero-order valence-electron chi connectivity index (χ0n) is 13.7. The van der Waals surface area contributed by atoms with Crippen molar-refractivity contribution >= 4 is 0 Å². The van der Waals surface area contributed by atoms with Crippen molar-refractivity contribution in [3.63, 3.8) is 0 Å². The predicted molar refractivity (Wildman–Crippen MR) is 84.5 cm³/mol. The fourth-order valence-corrected chi connectivity index (χ4v) is 1.75. The number of nitrogens with one attached hydrogen (secondary N) is 1. The van der Waals surface area contributed by atoms with Crippen LogP contribution in [0.5, 0.6) is 11.5 Å². The molecule has 0 unspecified atom stereocenters. The molecule has 0 amide bonds. The topological polar surface area (TPSA) is 54.3 Å². The molecule has 0 spiro atoms. The van der Waals surface area contributed by atoms with E-state index in [1.165, 1.54) is 0 Å². The highest BCUT2D eigenvalue weighted by atomic mass is 16.5. The lowest BCUT2D eigenvalue weighted by atomic mass is 9.92. The van der Waals surface area contributed by atoms with Gasteiger partial charge in [0.25, 0.3) is 0 Å². The van der Waals surface area contributed by atoms with Crippen LogP contribution in [0.3, 0.4) is 0 Å². The van der Waals surface area contributed by atoms with E-state index in [9.17, 15) is 0 Å². The first-order valence-electron chi connectivity index (χ1n) is 7.32. The Balaban J connectivity index is 2.73. The van der Waals surface area contributed by atoms with Crippen LogP contribution in [0.2, 0.25) is 0 Å². The molecule has 0 bridgehead atoms. The van der Waals surface area contributed by atoms with Crippen molar-refractivity contribution in [2.24, 2.45) is 5.41 Å². The van der Waals surface area contributed by atoms with Crippen LogP contribution in [0.1, 0.15) is 39.7 Å². The van der Waals surface area contributed by atoms with E-state index in [-0.39, 0.29) is 5.41 Å². The van der Waals surface area contributed by atoms with Gasteiger partial charge in [0.15, 0.2) is 0 Å². The summed E-state index contributed by atoms with van der Waals surface area (Å²) in [5.74, 6) is 1.66. The Hall–Kier alpha value is -1.73. The first-order valence-corrected chi connectivity index (χ1v) is 7.32. The van der Waals surface area contributed by atoms with Crippen molar-refractivity contribution in [1.29, 1.82) is 5.26 Å². The second-order valence-corrected chi connectivity index (χ2v) is 6.10. The van der Waals surface area contributed by atoms with Gasteiger partial charge in [-0.25, -0.2) is 0 Å². The summed E-state index contributed by atoms with van der Waals surface area (Å²) in [5, 5.41) is 12.4.